The van der Waals surface area contributed by atoms with Crippen LogP contribution in [0.1, 0.15) is 28.2 Å². The summed E-state index contributed by atoms with van der Waals surface area (Å²) in [6, 6.07) is 2.69. The number of pyridine rings is 1. The number of nitrogens with zero attached hydrogens (tertiary/aromatic N) is 2. The topological polar surface area (TPSA) is 53.8 Å². The molecule has 0 aliphatic heterocycles. The molecule has 0 aromatic carbocycles. The van der Waals surface area contributed by atoms with Crippen molar-refractivity contribution in [1.82, 2.24) is 4.98 Å². The van der Waals surface area contributed by atoms with Crippen LogP contribution in [0.5, 0.6) is 0 Å². The van der Waals surface area contributed by atoms with Crippen LogP contribution in [0.25, 0.3) is 0 Å². The van der Waals surface area contributed by atoms with Crippen molar-refractivity contribution < 1.29 is 13.6 Å². The van der Waals surface area contributed by atoms with Crippen LogP contribution in [-0.4, -0.2) is 10.2 Å². The molecule has 0 spiro atoms. The van der Waals surface area contributed by atoms with Crippen LogP contribution < -0.4 is 0 Å². The van der Waals surface area contributed by atoms with Crippen molar-refractivity contribution >= 4 is 32.8 Å². The third kappa shape index (κ3) is 2.49. The lowest BCUT2D eigenvalue weighted by Crippen LogP contribution is -2.03. The van der Waals surface area contributed by atoms with Gasteiger partial charge in [0.25, 0.3) is 11.7 Å². The van der Waals surface area contributed by atoms with Crippen LogP contribution in [-0.2, 0) is 0 Å². The third-order valence-corrected chi connectivity index (χ3v) is 2.34. The molecule has 1 aromatic heterocycles. The van der Waals surface area contributed by atoms with Crippen LogP contribution in [0.3, 0.4) is 0 Å². The first kappa shape index (κ1) is 12.0. The van der Waals surface area contributed by atoms with Gasteiger partial charge in [-0.05, 0) is 33.6 Å². The lowest BCUT2D eigenvalue weighted by molar-refractivity contribution is 0.107. The molecule has 1 heterocycles. The molecule has 0 aliphatic rings. The molecule has 1 rings (SSSR count). The molecule has 0 saturated heterocycles. The predicted molar refractivity (Wildman–Crippen MR) is 51.8 cm³/mol. The fourth-order valence-electron chi connectivity index (χ4n) is 0.902. The Morgan fingerprint density at radius 2 is 2.27 bits per heavy atom. The van der Waals surface area contributed by atoms with Gasteiger partial charge in [0.2, 0.25) is 0 Å². The lowest BCUT2D eigenvalue weighted by Gasteiger charge is -2.05. The average Bonchev–Trinajstić information content (AvgIpc) is 2.16. The van der Waals surface area contributed by atoms with Crippen molar-refractivity contribution in [2.75, 3.05) is 0 Å². The molecule has 0 bridgehead atoms. The van der Waals surface area contributed by atoms with Gasteiger partial charge in [-0.1, -0.05) is 0 Å². The minimum absolute atomic E-state index is 0.0688. The second-order valence-electron chi connectivity index (χ2n) is 2.44. The molecule has 15 heavy (non-hydrogen) atoms. The molecule has 0 aliphatic carbocycles. The Labute approximate surface area is 96.8 Å². The lowest BCUT2D eigenvalue weighted by atomic mass is 10.2. The molecule has 0 N–H and O–H groups in total. The fraction of sp³-hybridized carbons (Fsp3) is 0.125. The number of hydrogen-bond acceptors (Lipinski definition) is 3. The summed E-state index contributed by atoms with van der Waals surface area (Å²) in [5.41, 5.74) is -1.37. The van der Waals surface area contributed by atoms with E-state index in [9.17, 15) is 13.6 Å². The third-order valence-electron chi connectivity index (χ3n) is 1.52. The molecular weight excluding hydrogens is 293 g/mol. The van der Waals surface area contributed by atoms with E-state index in [1.165, 1.54) is 0 Å². The largest absolute Gasteiger partial charge is 0.281 e. The highest BCUT2D eigenvalue weighted by Gasteiger charge is 2.20. The van der Waals surface area contributed by atoms with Crippen molar-refractivity contribution in [2.24, 2.45) is 0 Å². The second-order valence-corrected chi connectivity index (χ2v) is 3.63. The Balaban J connectivity index is 3.47. The van der Waals surface area contributed by atoms with Gasteiger partial charge in [-0.15, -0.1) is 0 Å². The highest BCUT2D eigenvalue weighted by molar-refractivity contribution is 9.10. The van der Waals surface area contributed by atoms with E-state index in [1.54, 1.807) is 6.07 Å². The molecule has 0 saturated carbocycles. The van der Waals surface area contributed by atoms with Gasteiger partial charge in [-0.2, -0.15) is 5.26 Å². The summed E-state index contributed by atoms with van der Waals surface area (Å²) in [5.74, 6) is 0. The normalized spacial score (nSPS) is 10.1. The number of alkyl halides is 2. The van der Waals surface area contributed by atoms with Gasteiger partial charge >= 0.3 is 0 Å². The van der Waals surface area contributed by atoms with Crippen LogP contribution in [0, 0.1) is 11.3 Å². The van der Waals surface area contributed by atoms with E-state index in [0.29, 0.717) is 0 Å². The first-order chi connectivity index (χ1) is 6.97. The van der Waals surface area contributed by atoms with Crippen molar-refractivity contribution in [3.05, 3.63) is 27.5 Å². The standard InChI is InChI=1S/C8H2BrClF2N2O/c9-4-1-5(7(10)15)14-6(8(11)12)3(4)2-13/h1,8H. The van der Waals surface area contributed by atoms with Crippen molar-refractivity contribution in [2.45, 2.75) is 6.43 Å². The molecule has 1 aromatic rings. The molecule has 0 atom stereocenters. The zero-order chi connectivity index (χ0) is 11.6. The van der Waals surface area contributed by atoms with Crippen LogP contribution in [0.4, 0.5) is 8.78 Å². The molecular formula is C8H2BrClF2N2O. The number of rotatable bonds is 2. The minimum atomic E-state index is -2.94. The maximum Gasteiger partial charge on any atom is 0.281 e. The van der Waals surface area contributed by atoms with Gasteiger partial charge in [0.05, 0.1) is 5.56 Å². The summed E-state index contributed by atoms with van der Waals surface area (Å²) in [7, 11) is 0. The second kappa shape index (κ2) is 4.64. The first-order valence-corrected chi connectivity index (χ1v) is 4.73. The number of hydrogen-bond donors (Lipinski definition) is 0. The van der Waals surface area contributed by atoms with Gasteiger partial charge in [0.15, 0.2) is 0 Å². The summed E-state index contributed by atoms with van der Waals surface area (Å²) >= 11 is 7.99. The van der Waals surface area contributed by atoms with Crippen molar-refractivity contribution in [1.29, 1.82) is 5.26 Å². The van der Waals surface area contributed by atoms with E-state index in [2.05, 4.69) is 20.9 Å². The predicted octanol–water partition coefficient (Wildman–Crippen LogP) is 3.03. The number of carbonyl (C=O) groups is 1. The maximum absolute atomic E-state index is 12.4. The van der Waals surface area contributed by atoms with Crippen molar-refractivity contribution in [3.63, 3.8) is 0 Å². The smallest absolute Gasteiger partial charge is 0.274 e. The number of nitriles is 1. The molecule has 0 amide bonds. The van der Waals surface area contributed by atoms with Crippen LogP contribution in [0.15, 0.2) is 10.5 Å². The zero-order valence-electron chi connectivity index (χ0n) is 6.97. The summed E-state index contributed by atoms with van der Waals surface area (Å²) < 4.78 is 25.0. The Morgan fingerprint density at radius 1 is 1.67 bits per heavy atom. The Morgan fingerprint density at radius 3 is 2.67 bits per heavy atom. The molecule has 78 valence electrons. The summed E-state index contributed by atoms with van der Waals surface area (Å²) in [5, 5.41) is 7.65. The quantitative estimate of drug-likeness (QED) is 0.788. The van der Waals surface area contributed by atoms with E-state index in [-0.39, 0.29) is 15.7 Å². The van der Waals surface area contributed by atoms with Gasteiger partial charge in [-0.3, -0.25) is 4.79 Å². The maximum atomic E-state index is 12.4. The SMILES string of the molecule is N#Cc1c(Br)cc(C(=O)Cl)nc1C(F)F. The van der Waals surface area contributed by atoms with E-state index < -0.39 is 17.4 Å². The average molecular weight is 295 g/mol. The summed E-state index contributed by atoms with van der Waals surface area (Å²) in [6.07, 6.45) is -2.94. The number of carbonyl (C=O) groups excluding carboxylic acids is 1. The van der Waals surface area contributed by atoms with Crippen LogP contribution in [0.2, 0.25) is 0 Å². The van der Waals surface area contributed by atoms with E-state index in [4.69, 9.17) is 16.9 Å². The van der Waals surface area contributed by atoms with Crippen LogP contribution >= 0.6 is 27.5 Å². The Bertz CT molecular complexity index is 459. The Hall–Kier alpha value is -1.06. The van der Waals surface area contributed by atoms with E-state index in [0.717, 1.165) is 6.07 Å². The van der Waals surface area contributed by atoms with Gasteiger partial charge < -0.3 is 0 Å². The van der Waals surface area contributed by atoms with E-state index >= 15 is 0 Å². The van der Waals surface area contributed by atoms with E-state index in [1.807, 2.05) is 0 Å². The first-order valence-electron chi connectivity index (χ1n) is 3.56. The van der Waals surface area contributed by atoms with Gasteiger partial charge in [-0.25, -0.2) is 13.8 Å². The molecule has 0 unspecified atom stereocenters. The summed E-state index contributed by atoms with van der Waals surface area (Å²) in [4.78, 5) is 14.0. The number of aromatic nitrogens is 1. The molecule has 0 radical (unpaired) electrons. The molecule has 3 nitrogen and oxygen atoms in total. The Kier molecular flexibility index (Phi) is 3.72. The molecule has 0 fully saturated rings. The fourth-order valence-corrected chi connectivity index (χ4v) is 1.51. The monoisotopic (exact) mass is 294 g/mol. The van der Waals surface area contributed by atoms with Gasteiger partial charge in [0, 0.05) is 4.47 Å². The summed E-state index contributed by atoms with van der Waals surface area (Å²) in [6.45, 7) is 0. The number of halogens is 4. The van der Waals surface area contributed by atoms with Gasteiger partial charge in [0.1, 0.15) is 17.5 Å². The minimum Gasteiger partial charge on any atom is -0.274 e. The zero-order valence-corrected chi connectivity index (χ0v) is 9.31. The van der Waals surface area contributed by atoms with Crippen molar-refractivity contribution in [3.8, 4) is 6.07 Å². The highest BCUT2D eigenvalue weighted by atomic mass is 79.9. The molecule has 7 heteroatoms. The highest BCUT2D eigenvalue weighted by Crippen LogP contribution is 2.27.